The van der Waals surface area contributed by atoms with Crippen molar-refractivity contribution in [1.82, 2.24) is 14.9 Å². The highest BCUT2D eigenvalue weighted by molar-refractivity contribution is 5.88. The molecular weight excluding hydrogens is 488 g/mol. The fraction of sp³-hybridized carbons (Fsp3) is 0.188. The van der Waals surface area contributed by atoms with Gasteiger partial charge in [-0.2, -0.15) is 0 Å². The SMILES string of the molecule is Cc1ccc([C@@H](CC(=O)NCCc2ccccn2)c2cn(Cc3ccccc3)c3ccc([N+](=O)[O-])cc23)cc1. The zero-order chi connectivity index (χ0) is 27.2. The van der Waals surface area contributed by atoms with Crippen LogP contribution in [0.4, 0.5) is 5.69 Å². The van der Waals surface area contributed by atoms with Crippen LogP contribution in [0.2, 0.25) is 0 Å². The Morgan fingerprint density at radius 3 is 2.49 bits per heavy atom. The molecule has 0 bridgehead atoms. The van der Waals surface area contributed by atoms with Gasteiger partial charge < -0.3 is 9.88 Å². The topological polar surface area (TPSA) is 90.1 Å². The van der Waals surface area contributed by atoms with Gasteiger partial charge in [0.2, 0.25) is 5.91 Å². The number of aromatic nitrogens is 2. The Balaban J connectivity index is 1.51. The summed E-state index contributed by atoms with van der Waals surface area (Å²) in [6.45, 7) is 3.13. The first-order valence-electron chi connectivity index (χ1n) is 13.0. The van der Waals surface area contributed by atoms with E-state index >= 15 is 0 Å². The van der Waals surface area contributed by atoms with Crippen molar-refractivity contribution in [3.8, 4) is 0 Å². The van der Waals surface area contributed by atoms with Gasteiger partial charge in [-0.05, 0) is 41.8 Å². The molecule has 5 rings (SSSR count). The van der Waals surface area contributed by atoms with E-state index in [0.717, 1.165) is 38.9 Å². The van der Waals surface area contributed by atoms with Crippen LogP contribution in [0.3, 0.4) is 0 Å². The molecule has 0 unspecified atom stereocenters. The number of aryl methyl sites for hydroxylation is 1. The van der Waals surface area contributed by atoms with E-state index in [0.29, 0.717) is 19.5 Å². The van der Waals surface area contributed by atoms with Gasteiger partial charge in [0.1, 0.15) is 0 Å². The lowest BCUT2D eigenvalue weighted by atomic mass is 9.87. The lowest BCUT2D eigenvalue weighted by molar-refractivity contribution is -0.384. The van der Waals surface area contributed by atoms with E-state index in [1.54, 1.807) is 24.4 Å². The molecule has 3 aromatic carbocycles. The van der Waals surface area contributed by atoms with Gasteiger partial charge in [0.15, 0.2) is 0 Å². The first kappa shape index (κ1) is 25.9. The molecule has 0 aliphatic heterocycles. The molecule has 0 saturated heterocycles. The number of nitrogens with zero attached hydrogens (tertiary/aromatic N) is 3. The van der Waals surface area contributed by atoms with Gasteiger partial charge in [-0.25, -0.2) is 0 Å². The summed E-state index contributed by atoms with van der Waals surface area (Å²) in [6.07, 6.45) is 4.66. The molecule has 0 radical (unpaired) electrons. The predicted octanol–water partition coefficient (Wildman–Crippen LogP) is 6.18. The summed E-state index contributed by atoms with van der Waals surface area (Å²) in [5, 5.41) is 15.5. The second-order valence-corrected chi connectivity index (χ2v) is 9.74. The van der Waals surface area contributed by atoms with Crippen molar-refractivity contribution >= 4 is 22.5 Å². The van der Waals surface area contributed by atoms with Crippen molar-refractivity contribution in [1.29, 1.82) is 0 Å². The normalized spacial score (nSPS) is 11.8. The van der Waals surface area contributed by atoms with Crippen molar-refractivity contribution in [2.75, 3.05) is 6.54 Å². The summed E-state index contributed by atoms with van der Waals surface area (Å²) in [6, 6.07) is 29.0. The molecule has 1 N–H and O–H groups in total. The van der Waals surface area contributed by atoms with Crippen molar-refractivity contribution < 1.29 is 9.72 Å². The summed E-state index contributed by atoms with van der Waals surface area (Å²) in [5.74, 6) is -0.354. The number of nitro benzene ring substituents is 1. The van der Waals surface area contributed by atoms with E-state index in [9.17, 15) is 14.9 Å². The second kappa shape index (κ2) is 11.7. The number of carbonyl (C=O) groups excluding carboxylic acids is 1. The van der Waals surface area contributed by atoms with Gasteiger partial charge in [-0.15, -0.1) is 0 Å². The molecule has 7 nitrogen and oxygen atoms in total. The van der Waals surface area contributed by atoms with Gasteiger partial charge in [-0.3, -0.25) is 19.9 Å². The Morgan fingerprint density at radius 2 is 1.77 bits per heavy atom. The first-order chi connectivity index (χ1) is 19.0. The molecule has 2 aromatic heterocycles. The molecule has 0 aliphatic carbocycles. The number of hydrogen-bond acceptors (Lipinski definition) is 4. The van der Waals surface area contributed by atoms with E-state index in [2.05, 4.69) is 27.0 Å². The Morgan fingerprint density at radius 1 is 1.00 bits per heavy atom. The van der Waals surface area contributed by atoms with Crippen LogP contribution < -0.4 is 5.32 Å². The molecule has 2 heterocycles. The minimum absolute atomic E-state index is 0.0312. The average Bonchev–Trinajstić information content (AvgIpc) is 3.30. The molecule has 7 heteroatoms. The number of fused-ring (bicyclic) bond motifs is 1. The van der Waals surface area contributed by atoms with Crippen molar-refractivity contribution in [2.24, 2.45) is 0 Å². The number of non-ortho nitro benzene ring substituents is 1. The maximum absolute atomic E-state index is 13.2. The van der Waals surface area contributed by atoms with Gasteiger partial charge in [0.05, 0.1) is 4.92 Å². The standard InChI is InChI=1S/C32H30N4O3/c1-23-10-12-25(13-11-23)28(20-32(37)34-18-16-26-9-5-6-17-33-26)30-22-35(21-24-7-3-2-4-8-24)31-15-14-27(36(38)39)19-29(30)31/h2-15,17,19,22,28H,16,18,20-21H2,1H3,(H,34,37)/t28-/m1/s1. The zero-order valence-electron chi connectivity index (χ0n) is 21.8. The average molecular weight is 519 g/mol. The van der Waals surface area contributed by atoms with Crippen LogP contribution in [0.5, 0.6) is 0 Å². The largest absolute Gasteiger partial charge is 0.356 e. The number of nitrogens with one attached hydrogen (secondary N) is 1. The van der Waals surface area contributed by atoms with Crippen molar-refractivity contribution in [3.05, 3.63) is 141 Å². The molecule has 0 spiro atoms. The molecule has 196 valence electrons. The van der Waals surface area contributed by atoms with E-state index in [4.69, 9.17) is 0 Å². The van der Waals surface area contributed by atoms with Gasteiger partial charge in [0.25, 0.3) is 5.69 Å². The van der Waals surface area contributed by atoms with Gasteiger partial charge in [0, 0.05) is 73.0 Å². The molecule has 0 saturated carbocycles. The molecule has 1 atom stereocenters. The quantitative estimate of drug-likeness (QED) is 0.177. The number of carbonyl (C=O) groups is 1. The van der Waals surface area contributed by atoms with Gasteiger partial charge >= 0.3 is 0 Å². The highest BCUT2D eigenvalue weighted by atomic mass is 16.6. The van der Waals surface area contributed by atoms with Crippen LogP contribution in [-0.4, -0.2) is 26.9 Å². The Kier molecular flexibility index (Phi) is 7.78. The number of hydrogen-bond donors (Lipinski definition) is 1. The van der Waals surface area contributed by atoms with E-state index < -0.39 is 0 Å². The summed E-state index contributed by atoms with van der Waals surface area (Å²) < 4.78 is 2.11. The molecular formula is C32H30N4O3. The zero-order valence-corrected chi connectivity index (χ0v) is 21.8. The number of nitro groups is 1. The van der Waals surface area contributed by atoms with E-state index in [-0.39, 0.29) is 28.9 Å². The molecule has 0 aliphatic rings. The third kappa shape index (κ3) is 6.21. The highest BCUT2D eigenvalue weighted by Crippen LogP contribution is 2.37. The number of rotatable bonds is 10. The van der Waals surface area contributed by atoms with Gasteiger partial charge in [-0.1, -0.05) is 66.2 Å². The molecule has 39 heavy (non-hydrogen) atoms. The summed E-state index contributed by atoms with van der Waals surface area (Å²) in [7, 11) is 0. The number of benzene rings is 3. The number of pyridine rings is 1. The predicted molar refractivity (Wildman–Crippen MR) is 153 cm³/mol. The fourth-order valence-electron chi connectivity index (χ4n) is 4.95. The van der Waals surface area contributed by atoms with E-state index in [1.165, 1.54) is 0 Å². The van der Waals surface area contributed by atoms with Crippen molar-refractivity contribution in [3.63, 3.8) is 0 Å². The minimum Gasteiger partial charge on any atom is -0.356 e. The monoisotopic (exact) mass is 518 g/mol. The smallest absolute Gasteiger partial charge is 0.270 e. The lowest BCUT2D eigenvalue weighted by Gasteiger charge is -2.18. The fourth-order valence-corrected chi connectivity index (χ4v) is 4.95. The maximum Gasteiger partial charge on any atom is 0.270 e. The first-order valence-corrected chi connectivity index (χ1v) is 13.0. The summed E-state index contributed by atoms with van der Waals surface area (Å²) in [5.41, 5.74) is 5.98. The third-order valence-corrected chi connectivity index (χ3v) is 6.98. The lowest BCUT2D eigenvalue weighted by Crippen LogP contribution is -2.27. The van der Waals surface area contributed by atoms with Crippen LogP contribution >= 0.6 is 0 Å². The Bertz CT molecular complexity index is 1580. The Labute approximate surface area is 227 Å². The molecule has 1 amide bonds. The van der Waals surface area contributed by atoms with Crippen LogP contribution in [0, 0.1) is 17.0 Å². The minimum atomic E-state index is -0.372. The maximum atomic E-state index is 13.2. The molecule has 0 fully saturated rings. The Hall–Kier alpha value is -4.78. The van der Waals surface area contributed by atoms with Crippen LogP contribution in [0.1, 0.15) is 40.3 Å². The molecule has 5 aromatic rings. The highest BCUT2D eigenvalue weighted by Gasteiger charge is 2.24. The van der Waals surface area contributed by atoms with Crippen LogP contribution in [0.25, 0.3) is 10.9 Å². The summed E-state index contributed by atoms with van der Waals surface area (Å²) >= 11 is 0. The van der Waals surface area contributed by atoms with Crippen LogP contribution in [0.15, 0.2) is 103 Å². The summed E-state index contributed by atoms with van der Waals surface area (Å²) in [4.78, 5) is 28.8. The number of amides is 1. The third-order valence-electron chi connectivity index (χ3n) is 6.98. The van der Waals surface area contributed by atoms with E-state index in [1.807, 2.05) is 73.8 Å². The van der Waals surface area contributed by atoms with Crippen LogP contribution in [-0.2, 0) is 17.8 Å². The second-order valence-electron chi connectivity index (χ2n) is 9.74. The van der Waals surface area contributed by atoms with Crippen molar-refractivity contribution in [2.45, 2.75) is 32.2 Å².